The fraction of sp³-hybridized carbons (Fsp3) is 0.429. The van der Waals surface area contributed by atoms with E-state index in [1.807, 2.05) is 18.3 Å². The van der Waals surface area contributed by atoms with E-state index >= 15 is 0 Å². The number of aryl methyl sites for hydroxylation is 1. The molecule has 6 rings (SSSR count). The van der Waals surface area contributed by atoms with Crippen molar-refractivity contribution >= 4 is 63.8 Å². The maximum Gasteiger partial charge on any atom is 0.108 e. The average Bonchev–Trinajstić information content (AvgIpc) is 3.66. The molecule has 0 aliphatic carbocycles. The number of allylic oxidation sites excluding steroid dienone is 1. The van der Waals surface area contributed by atoms with Crippen LogP contribution in [0.15, 0.2) is 66.7 Å². The molecule has 3 heterocycles. The summed E-state index contributed by atoms with van der Waals surface area (Å²) >= 11 is 3.65. The van der Waals surface area contributed by atoms with E-state index in [0.717, 1.165) is 52.5 Å². The number of aliphatic hydroxyl groups is 2. The summed E-state index contributed by atoms with van der Waals surface area (Å²) < 4.78 is 3.77. The molecular weight excluding hydrogens is 821 g/mol. The van der Waals surface area contributed by atoms with Crippen LogP contribution in [0.1, 0.15) is 98.4 Å². The molecule has 0 saturated heterocycles. The summed E-state index contributed by atoms with van der Waals surface area (Å²) in [7, 11) is 0. The van der Waals surface area contributed by atoms with Crippen molar-refractivity contribution in [3.63, 3.8) is 0 Å². The van der Waals surface area contributed by atoms with Gasteiger partial charge in [0, 0.05) is 61.0 Å². The number of hydrogen-bond donors (Lipinski definition) is 2. The molecule has 0 amide bonds. The number of aliphatic hydroxyl groups excluding tert-OH is 2. The van der Waals surface area contributed by atoms with Gasteiger partial charge in [0.1, 0.15) is 6.33 Å². The van der Waals surface area contributed by atoms with Crippen LogP contribution in [0.5, 0.6) is 0 Å². The summed E-state index contributed by atoms with van der Waals surface area (Å²) in [5.74, 6) is 0.336. The molecule has 0 bridgehead atoms. The van der Waals surface area contributed by atoms with E-state index in [0.29, 0.717) is 5.76 Å². The minimum Gasteiger partial charge on any atom is -0.512 e. The van der Waals surface area contributed by atoms with Crippen molar-refractivity contribution in [2.75, 3.05) is 0 Å². The van der Waals surface area contributed by atoms with E-state index < -0.39 is 6.10 Å². The minimum atomic E-state index is -0.574. The van der Waals surface area contributed by atoms with Crippen LogP contribution in [-0.2, 0) is 25.5 Å². The molecule has 263 valence electrons. The van der Waals surface area contributed by atoms with Crippen molar-refractivity contribution in [3.8, 4) is 11.3 Å². The Bertz CT molecular complexity index is 2100. The van der Waals surface area contributed by atoms with Crippen LogP contribution in [0.3, 0.4) is 0 Å². The van der Waals surface area contributed by atoms with Crippen molar-refractivity contribution in [2.24, 2.45) is 10.8 Å². The molecule has 1 atom stereocenters. The first-order valence-corrected chi connectivity index (χ1v) is 18.9. The topological polar surface area (TPSA) is 66.2 Å². The van der Waals surface area contributed by atoms with E-state index in [1.54, 1.807) is 23.7 Å². The fourth-order valence-electron chi connectivity index (χ4n) is 6.28. The molecular formula is C42H51IrN2O2S2-. The molecule has 0 saturated carbocycles. The summed E-state index contributed by atoms with van der Waals surface area (Å²) in [5.41, 5.74) is 4.05. The molecule has 6 aromatic rings. The molecule has 1 radical (unpaired) electrons. The maximum atomic E-state index is 10.3. The number of aromatic nitrogens is 2. The van der Waals surface area contributed by atoms with Gasteiger partial charge in [0.05, 0.1) is 17.4 Å². The molecule has 0 fully saturated rings. The molecule has 0 aliphatic heterocycles. The second-order valence-corrected chi connectivity index (χ2v) is 17.0. The summed E-state index contributed by atoms with van der Waals surface area (Å²) in [6.07, 6.45) is 6.36. The van der Waals surface area contributed by atoms with Gasteiger partial charge < -0.3 is 10.2 Å². The van der Waals surface area contributed by atoms with Crippen LogP contribution in [0.4, 0.5) is 0 Å². The van der Waals surface area contributed by atoms with Gasteiger partial charge in [-0.2, -0.15) is 0 Å². The van der Waals surface area contributed by atoms with Gasteiger partial charge in [-0.1, -0.05) is 91.5 Å². The van der Waals surface area contributed by atoms with Gasteiger partial charge in [0.2, 0.25) is 0 Å². The standard InChI is InChI=1S/C27H21N2S2.C15H30O2.Ir/c1-15-11-20-22(30-15)10-9-19-24-26(31-25(19)20)23(28-14-29-24)17-12-16-7-5-6-8-18(16)21(13-17)27(2,3)4;1-7-14(5,8-2)12(16)11-13(17)15(6,9-3)10-4;/h5-11,13-14H,1-4H3;11-12,16-17H,7-10H2,1-6H3;/q-1;;/b;13-11-;. The first kappa shape index (κ1) is 39.1. The average molecular weight is 872 g/mol. The van der Waals surface area contributed by atoms with Crippen LogP contribution in [0.25, 0.3) is 52.4 Å². The van der Waals surface area contributed by atoms with E-state index in [-0.39, 0.29) is 36.4 Å². The largest absolute Gasteiger partial charge is 0.512 e. The Labute approximate surface area is 314 Å². The number of hydrogen-bond acceptors (Lipinski definition) is 6. The Morgan fingerprint density at radius 3 is 2.14 bits per heavy atom. The third-order valence-electron chi connectivity index (χ3n) is 10.7. The molecule has 1 unspecified atom stereocenters. The van der Waals surface area contributed by atoms with Gasteiger partial charge in [0.15, 0.2) is 0 Å². The van der Waals surface area contributed by atoms with Gasteiger partial charge in [0.25, 0.3) is 0 Å². The smallest absolute Gasteiger partial charge is 0.108 e. The molecule has 0 spiro atoms. The Morgan fingerprint density at radius 1 is 0.837 bits per heavy atom. The van der Waals surface area contributed by atoms with Gasteiger partial charge in [-0.15, -0.1) is 51.8 Å². The number of benzene rings is 3. The predicted octanol–water partition coefficient (Wildman–Crippen LogP) is 12.7. The number of fused-ring (bicyclic) bond motifs is 6. The SMILES string of the molecule is CCC(C)(CC)/C(O)=C/C(O)C(C)(CC)CC.Cc1cc2c(ccc3c4ncnc(-c5[c-]c6ccccc6c(C(C)(C)C)c5)c4sc23)s1.[Ir]. The third-order valence-corrected chi connectivity index (χ3v) is 13.0. The van der Waals surface area contributed by atoms with Crippen molar-refractivity contribution < 1.29 is 30.3 Å². The van der Waals surface area contributed by atoms with Crippen molar-refractivity contribution in [1.82, 2.24) is 9.97 Å². The molecule has 0 aliphatic rings. The van der Waals surface area contributed by atoms with E-state index in [4.69, 9.17) is 9.97 Å². The second-order valence-electron chi connectivity index (χ2n) is 14.7. The zero-order valence-electron chi connectivity index (χ0n) is 30.6. The van der Waals surface area contributed by atoms with Crippen LogP contribution < -0.4 is 0 Å². The van der Waals surface area contributed by atoms with Crippen LogP contribution >= 0.6 is 22.7 Å². The van der Waals surface area contributed by atoms with Gasteiger partial charge >= 0.3 is 0 Å². The Kier molecular flexibility index (Phi) is 12.2. The Hall–Kier alpha value is -2.67. The normalized spacial score (nSPS) is 13.5. The first-order chi connectivity index (χ1) is 22.7. The molecule has 49 heavy (non-hydrogen) atoms. The van der Waals surface area contributed by atoms with Gasteiger partial charge in [-0.05, 0) is 67.7 Å². The number of nitrogens with zero attached hydrogens (tertiary/aromatic N) is 2. The zero-order valence-corrected chi connectivity index (χ0v) is 34.6. The second kappa shape index (κ2) is 15.3. The number of rotatable bonds is 8. The Morgan fingerprint density at radius 2 is 1.51 bits per heavy atom. The van der Waals surface area contributed by atoms with Gasteiger partial charge in [-0.25, -0.2) is 4.98 Å². The van der Waals surface area contributed by atoms with E-state index in [9.17, 15) is 10.2 Å². The van der Waals surface area contributed by atoms with Crippen molar-refractivity contribution in [2.45, 2.75) is 106 Å². The third kappa shape index (κ3) is 7.67. The molecule has 2 N–H and O–H groups in total. The van der Waals surface area contributed by atoms with Crippen molar-refractivity contribution in [3.05, 3.63) is 83.2 Å². The molecule has 4 nitrogen and oxygen atoms in total. The molecule has 3 aromatic heterocycles. The van der Waals surface area contributed by atoms with Crippen molar-refractivity contribution in [1.29, 1.82) is 0 Å². The minimum absolute atomic E-state index is 0. The van der Waals surface area contributed by atoms with Gasteiger partial charge in [-0.3, -0.25) is 4.98 Å². The van der Waals surface area contributed by atoms with E-state index in [1.165, 1.54) is 36.0 Å². The molecule has 3 aromatic carbocycles. The van der Waals surface area contributed by atoms with Crippen LogP contribution in [0.2, 0.25) is 0 Å². The quantitative estimate of drug-likeness (QED) is 0.118. The van der Waals surface area contributed by atoms with Crippen LogP contribution in [-0.4, -0.2) is 26.3 Å². The van der Waals surface area contributed by atoms with E-state index in [2.05, 4.69) is 117 Å². The monoisotopic (exact) mass is 872 g/mol. The number of thiophene rings is 2. The fourth-order valence-corrected chi connectivity index (χ4v) is 8.55. The summed E-state index contributed by atoms with van der Waals surface area (Å²) in [6, 6.07) is 21.2. The molecule has 7 heteroatoms. The Balaban J connectivity index is 0.000000260. The summed E-state index contributed by atoms with van der Waals surface area (Å²) in [4.78, 5) is 10.8. The zero-order chi connectivity index (χ0) is 35.0. The summed E-state index contributed by atoms with van der Waals surface area (Å²) in [5, 5.41) is 25.4. The first-order valence-electron chi connectivity index (χ1n) is 17.3. The summed E-state index contributed by atoms with van der Waals surface area (Å²) in [6.45, 7) is 21.4. The van der Waals surface area contributed by atoms with Crippen LogP contribution in [0, 0.1) is 23.8 Å². The maximum absolute atomic E-state index is 10.3. The predicted molar refractivity (Wildman–Crippen MR) is 210 cm³/mol.